The maximum Gasteiger partial charge on any atom is 0.314 e. The first-order valence-electron chi connectivity index (χ1n) is 21.8. The van der Waals surface area contributed by atoms with Crippen molar-refractivity contribution in [3.05, 3.63) is 88.3 Å². The summed E-state index contributed by atoms with van der Waals surface area (Å²) in [6, 6.07) is 12.7. The predicted molar refractivity (Wildman–Crippen MR) is 247 cm³/mol. The average molecular weight is 933 g/mol. The summed E-state index contributed by atoms with van der Waals surface area (Å²) >= 11 is 12.4. The second-order valence-electron chi connectivity index (χ2n) is 19.0. The molecular weight excluding hydrogens is 873 g/mol. The van der Waals surface area contributed by atoms with Crippen LogP contribution in [0.15, 0.2) is 67.1 Å². The molecule has 18 heteroatoms. The van der Waals surface area contributed by atoms with Crippen LogP contribution in [0.1, 0.15) is 104 Å². The number of pyridine rings is 1. The first-order valence-corrected chi connectivity index (χ1v) is 22.6. The molecule has 5 atom stereocenters. The molecule has 3 aliphatic heterocycles. The van der Waals surface area contributed by atoms with Crippen molar-refractivity contribution in [3.63, 3.8) is 0 Å². The molecule has 1 unspecified atom stereocenters. The van der Waals surface area contributed by atoms with Gasteiger partial charge in [-0.05, 0) is 68.5 Å². The van der Waals surface area contributed by atoms with Crippen LogP contribution in [0.5, 0.6) is 0 Å². The van der Waals surface area contributed by atoms with Crippen molar-refractivity contribution >= 4 is 75.2 Å². The van der Waals surface area contributed by atoms with E-state index in [0.717, 1.165) is 35.8 Å². The summed E-state index contributed by atoms with van der Waals surface area (Å²) in [7, 11) is 0. The number of benzene rings is 2. The largest absolute Gasteiger partial charge is 0.361 e. The van der Waals surface area contributed by atoms with Crippen LogP contribution in [0.25, 0.3) is 10.9 Å². The molecule has 3 saturated heterocycles. The predicted octanol–water partition coefficient (Wildman–Crippen LogP) is 6.54. The topological polar surface area (TPSA) is 193 Å². The number of carbonyl (C=O) groups excluding carboxylic acids is 6. The van der Waals surface area contributed by atoms with E-state index in [9.17, 15) is 28.8 Å². The van der Waals surface area contributed by atoms with Crippen molar-refractivity contribution in [2.75, 3.05) is 38.1 Å². The number of hydrogen-bond acceptors (Lipinski definition) is 9. The Morgan fingerprint density at radius 2 is 1.23 bits per heavy atom. The molecule has 0 saturated carbocycles. The fourth-order valence-corrected chi connectivity index (χ4v) is 8.90. The van der Waals surface area contributed by atoms with Gasteiger partial charge in [0.15, 0.2) is 6.23 Å². The van der Waals surface area contributed by atoms with Crippen LogP contribution in [0, 0.1) is 10.8 Å². The highest BCUT2D eigenvalue weighted by atomic mass is 35.5. The van der Waals surface area contributed by atoms with E-state index in [1.807, 2.05) is 67.5 Å². The van der Waals surface area contributed by atoms with Gasteiger partial charge >= 0.3 is 23.6 Å². The van der Waals surface area contributed by atoms with E-state index in [0.29, 0.717) is 27.9 Å². The zero-order valence-electron chi connectivity index (χ0n) is 38.2. The van der Waals surface area contributed by atoms with Crippen LogP contribution >= 0.6 is 23.2 Å². The van der Waals surface area contributed by atoms with Crippen molar-refractivity contribution < 1.29 is 33.5 Å². The minimum atomic E-state index is -1.00. The van der Waals surface area contributed by atoms with Crippen molar-refractivity contribution in [2.24, 2.45) is 16.6 Å². The Kier molecular flexibility index (Phi) is 14.9. The van der Waals surface area contributed by atoms with Gasteiger partial charge in [0.25, 0.3) is 0 Å². The lowest BCUT2D eigenvalue weighted by molar-refractivity contribution is -0.155. The van der Waals surface area contributed by atoms with Gasteiger partial charge < -0.3 is 35.4 Å². The van der Waals surface area contributed by atoms with Crippen LogP contribution < -0.4 is 11.1 Å². The van der Waals surface area contributed by atoms with E-state index in [1.54, 1.807) is 63.3 Å². The SMILES string of the molecule is C[C@@H]1CN(C(=O)C(=O)Nc2cncc3cnn(C4CCCCO4)c23)[C@@H](c2cccc(Cl)c2)CN1C(=O)C(C)(C)C.C[C@@H]1CN(C(=O)C(N)=O)[C@@H](c2cccc(Cl)c2)CN1C(=O)C(C)(C)C. The molecule has 3 aliphatic rings. The Hall–Kier alpha value is -5.58. The van der Waals surface area contributed by atoms with Crippen LogP contribution in [-0.4, -0.2) is 115 Å². The number of nitrogens with one attached hydrogen (secondary N) is 1. The van der Waals surface area contributed by atoms with Gasteiger partial charge in [-0.15, -0.1) is 0 Å². The summed E-state index contributed by atoms with van der Waals surface area (Å²) < 4.78 is 7.67. The summed E-state index contributed by atoms with van der Waals surface area (Å²) in [5.74, 6) is -3.26. The highest BCUT2D eigenvalue weighted by Gasteiger charge is 2.43. The maximum atomic E-state index is 13.8. The van der Waals surface area contributed by atoms with E-state index in [-0.39, 0.29) is 56.3 Å². The Morgan fingerprint density at radius 1 is 0.708 bits per heavy atom. The van der Waals surface area contributed by atoms with Crippen molar-refractivity contribution in [3.8, 4) is 0 Å². The number of nitrogens with zero attached hydrogens (tertiary/aromatic N) is 7. The number of rotatable bonds is 4. The van der Waals surface area contributed by atoms with Crippen LogP contribution in [-0.2, 0) is 33.5 Å². The Balaban J connectivity index is 0.000000241. The fourth-order valence-electron chi connectivity index (χ4n) is 8.50. The number of ether oxygens (including phenoxy) is 1. The number of primary amides is 1. The number of nitrogens with two attached hydrogens (primary N) is 1. The van der Waals surface area contributed by atoms with Gasteiger partial charge in [-0.25, -0.2) is 4.68 Å². The molecule has 16 nitrogen and oxygen atoms in total. The van der Waals surface area contributed by atoms with Crippen molar-refractivity contribution in [1.29, 1.82) is 0 Å². The first-order chi connectivity index (χ1) is 30.6. The minimum Gasteiger partial charge on any atom is -0.361 e. The highest BCUT2D eigenvalue weighted by Crippen LogP contribution is 2.35. The third kappa shape index (κ3) is 11.1. The van der Waals surface area contributed by atoms with E-state index in [4.69, 9.17) is 33.7 Å². The van der Waals surface area contributed by atoms with Crippen LogP contribution in [0.4, 0.5) is 5.69 Å². The molecule has 348 valence electrons. The third-order valence-electron chi connectivity index (χ3n) is 11.8. The molecule has 0 bridgehead atoms. The van der Waals surface area contributed by atoms with Gasteiger partial charge in [-0.3, -0.25) is 33.8 Å². The lowest BCUT2D eigenvalue weighted by Gasteiger charge is -2.46. The molecule has 0 radical (unpaired) electrons. The summed E-state index contributed by atoms with van der Waals surface area (Å²) in [4.78, 5) is 87.8. The van der Waals surface area contributed by atoms with Gasteiger partial charge in [0.2, 0.25) is 11.8 Å². The van der Waals surface area contributed by atoms with Gasteiger partial charge in [-0.2, -0.15) is 5.10 Å². The summed E-state index contributed by atoms with van der Waals surface area (Å²) in [6.07, 6.45) is 7.44. The van der Waals surface area contributed by atoms with Crippen LogP contribution in [0.3, 0.4) is 0 Å². The molecule has 3 N–H and O–H groups in total. The Morgan fingerprint density at radius 3 is 1.69 bits per heavy atom. The lowest BCUT2D eigenvalue weighted by atomic mass is 9.91. The molecule has 2 aromatic heterocycles. The molecular formula is C47H59Cl2N9O7. The molecule has 4 aromatic rings. The molecule has 6 amide bonds. The monoisotopic (exact) mass is 931 g/mol. The summed E-state index contributed by atoms with van der Waals surface area (Å²) in [5, 5.41) is 9.05. The molecule has 3 fully saturated rings. The fraction of sp³-hybridized carbons (Fsp3) is 0.489. The van der Waals surface area contributed by atoms with E-state index in [2.05, 4.69) is 15.4 Å². The van der Waals surface area contributed by atoms with Crippen LogP contribution in [0.2, 0.25) is 10.0 Å². The lowest BCUT2D eigenvalue weighted by Crippen LogP contribution is -2.60. The number of amides is 6. The van der Waals surface area contributed by atoms with Gasteiger partial charge in [-0.1, -0.05) is 89.0 Å². The number of fused-ring (bicyclic) bond motifs is 1. The first kappa shape index (κ1) is 48.9. The van der Waals surface area contributed by atoms with Crippen molar-refractivity contribution in [2.45, 2.75) is 105 Å². The smallest absolute Gasteiger partial charge is 0.314 e. The quantitative estimate of drug-likeness (QED) is 0.214. The molecule has 2 aromatic carbocycles. The molecule has 0 aliphatic carbocycles. The standard InChI is InChI=1S/C29H35ClN6O4.C18H24ClN3O3/c1-18-16-35(23(19-8-7-9-21(30)12-19)17-34(18)28(39)29(2,3)4)27(38)26(37)33-22-15-31-13-20-14-32-36(25(20)22)24-10-5-6-11-40-24;1-11-9-22(16(24)15(20)23)14(12-6-5-7-13(19)8-12)10-21(11)17(25)18(2,3)4/h7-9,12-15,18,23-24H,5-6,10-11,16-17H2,1-4H3,(H,33,37);5-8,11,14H,9-10H2,1-4H3,(H2,20,23)/t18-,23-,24?;11-,14-/m11/s1. The number of carbonyl (C=O) groups is 6. The molecule has 7 rings (SSSR count). The third-order valence-corrected chi connectivity index (χ3v) is 12.3. The second kappa shape index (κ2) is 19.9. The number of aromatic nitrogens is 3. The molecule has 0 spiro atoms. The normalized spacial score (nSPS) is 21.6. The average Bonchev–Trinajstić information content (AvgIpc) is 3.70. The number of anilines is 1. The Bertz CT molecular complexity index is 2440. The molecule has 65 heavy (non-hydrogen) atoms. The summed E-state index contributed by atoms with van der Waals surface area (Å²) in [6.45, 7) is 16.6. The summed E-state index contributed by atoms with van der Waals surface area (Å²) in [5.41, 5.74) is 6.64. The van der Waals surface area contributed by atoms with Gasteiger partial charge in [0, 0.05) is 77.3 Å². The maximum absolute atomic E-state index is 13.8. The zero-order chi connectivity index (χ0) is 47.5. The highest BCUT2D eigenvalue weighted by molar-refractivity contribution is 6.40. The number of piperazine rings is 2. The Labute approximate surface area is 389 Å². The minimum absolute atomic E-state index is 0.00166. The van der Waals surface area contributed by atoms with E-state index < -0.39 is 46.5 Å². The number of hydrogen-bond donors (Lipinski definition) is 2. The van der Waals surface area contributed by atoms with Crippen molar-refractivity contribution in [1.82, 2.24) is 34.4 Å². The second-order valence-corrected chi connectivity index (χ2v) is 19.9. The van der Waals surface area contributed by atoms with Gasteiger partial charge in [0.05, 0.1) is 35.7 Å². The zero-order valence-corrected chi connectivity index (χ0v) is 39.7. The van der Waals surface area contributed by atoms with E-state index >= 15 is 0 Å². The number of halogens is 2. The molecule has 5 heterocycles. The van der Waals surface area contributed by atoms with E-state index in [1.165, 1.54) is 16.0 Å². The van der Waals surface area contributed by atoms with Gasteiger partial charge in [0.1, 0.15) is 0 Å².